The summed E-state index contributed by atoms with van der Waals surface area (Å²) in [6.07, 6.45) is 4.86. The van der Waals surface area contributed by atoms with Crippen LogP contribution in [0, 0.1) is 5.41 Å². The molecule has 0 heterocycles. The Hall–Kier alpha value is -0.0800. The number of nitrogens with two attached hydrogens (primary N) is 1. The lowest BCUT2D eigenvalue weighted by molar-refractivity contribution is -0.112. The maximum Gasteiger partial charge on any atom is 0.0738 e. The zero-order chi connectivity index (χ0) is 11.7. The van der Waals surface area contributed by atoms with Crippen molar-refractivity contribution in [2.75, 3.05) is 0 Å². The van der Waals surface area contributed by atoms with E-state index in [1.54, 1.807) is 0 Å². The molecule has 0 bridgehead atoms. The first-order chi connectivity index (χ1) is 6.78. The van der Waals surface area contributed by atoms with E-state index >= 15 is 0 Å². The van der Waals surface area contributed by atoms with Gasteiger partial charge >= 0.3 is 0 Å². The van der Waals surface area contributed by atoms with Crippen molar-refractivity contribution in [3.05, 3.63) is 0 Å². The molecule has 0 spiro atoms. The van der Waals surface area contributed by atoms with Gasteiger partial charge in [0.15, 0.2) is 0 Å². The van der Waals surface area contributed by atoms with Gasteiger partial charge in [-0.15, -0.1) is 0 Å². The number of ether oxygens (including phenoxy) is 1. The molecule has 1 rings (SSSR count). The van der Waals surface area contributed by atoms with Gasteiger partial charge < -0.3 is 10.5 Å². The maximum absolute atomic E-state index is 6.29. The van der Waals surface area contributed by atoms with Gasteiger partial charge in [0.25, 0.3) is 0 Å². The first-order valence-corrected chi connectivity index (χ1v) is 6.22. The summed E-state index contributed by atoms with van der Waals surface area (Å²) in [6, 6.07) is 0.178. The van der Waals surface area contributed by atoms with Gasteiger partial charge in [-0.1, -0.05) is 27.2 Å². The van der Waals surface area contributed by atoms with E-state index in [2.05, 4.69) is 34.6 Å². The highest BCUT2D eigenvalue weighted by Crippen LogP contribution is 2.37. The fourth-order valence-corrected chi connectivity index (χ4v) is 2.23. The van der Waals surface area contributed by atoms with Crippen LogP contribution < -0.4 is 5.73 Å². The summed E-state index contributed by atoms with van der Waals surface area (Å²) in [6.45, 7) is 11.0. The lowest BCUT2D eigenvalue weighted by atomic mass is 9.72. The molecule has 0 radical (unpaired) electrons. The minimum absolute atomic E-state index is 0.0320. The van der Waals surface area contributed by atoms with Gasteiger partial charge in [-0.3, -0.25) is 0 Å². The zero-order valence-corrected chi connectivity index (χ0v) is 11.0. The van der Waals surface area contributed by atoms with E-state index in [4.69, 9.17) is 10.5 Å². The third kappa shape index (κ3) is 3.18. The third-order valence-corrected chi connectivity index (χ3v) is 3.93. The highest BCUT2D eigenvalue weighted by atomic mass is 16.5. The second-order valence-electron chi connectivity index (χ2n) is 6.18. The Labute approximate surface area is 94.6 Å². The Kier molecular flexibility index (Phi) is 3.83. The Morgan fingerprint density at radius 1 is 1.40 bits per heavy atom. The van der Waals surface area contributed by atoms with Gasteiger partial charge in [-0.2, -0.15) is 0 Å². The van der Waals surface area contributed by atoms with Crippen LogP contribution in [0.2, 0.25) is 0 Å². The molecule has 2 nitrogen and oxygen atoms in total. The quantitative estimate of drug-likeness (QED) is 0.782. The molecular formula is C13H27NO. The van der Waals surface area contributed by atoms with E-state index in [1.165, 1.54) is 12.8 Å². The van der Waals surface area contributed by atoms with E-state index in [0.717, 1.165) is 12.8 Å². The van der Waals surface area contributed by atoms with Crippen LogP contribution in [0.3, 0.4) is 0 Å². The van der Waals surface area contributed by atoms with Crippen molar-refractivity contribution in [3.8, 4) is 0 Å². The molecule has 2 heteroatoms. The van der Waals surface area contributed by atoms with Crippen LogP contribution in [0.25, 0.3) is 0 Å². The van der Waals surface area contributed by atoms with Crippen LogP contribution >= 0.6 is 0 Å². The van der Waals surface area contributed by atoms with Crippen LogP contribution in [0.5, 0.6) is 0 Å². The lowest BCUT2D eigenvalue weighted by Crippen LogP contribution is -2.52. The molecule has 1 fully saturated rings. The minimum Gasteiger partial charge on any atom is -0.371 e. The summed E-state index contributed by atoms with van der Waals surface area (Å²) in [4.78, 5) is 0. The summed E-state index contributed by atoms with van der Waals surface area (Å²) < 4.78 is 6.15. The first kappa shape index (κ1) is 13.0. The second kappa shape index (κ2) is 4.42. The van der Waals surface area contributed by atoms with E-state index in [9.17, 15) is 0 Å². The molecule has 15 heavy (non-hydrogen) atoms. The normalized spacial score (nSPS) is 31.6. The maximum atomic E-state index is 6.29. The highest BCUT2D eigenvalue weighted by molar-refractivity contribution is 4.93. The average Bonchev–Trinajstić information content (AvgIpc) is 2.13. The van der Waals surface area contributed by atoms with Gasteiger partial charge in [0.05, 0.1) is 11.7 Å². The molecule has 2 atom stereocenters. The summed E-state index contributed by atoms with van der Waals surface area (Å²) in [5.41, 5.74) is 6.49. The molecule has 0 aromatic rings. The van der Waals surface area contributed by atoms with Gasteiger partial charge in [-0.05, 0) is 38.5 Å². The van der Waals surface area contributed by atoms with Crippen LogP contribution in [-0.4, -0.2) is 17.7 Å². The number of rotatable bonds is 3. The van der Waals surface area contributed by atoms with E-state index < -0.39 is 0 Å². The number of hydrogen-bond acceptors (Lipinski definition) is 2. The smallest absolute Gasteiger partial charge is 0.0738 e. The van der Waals surface area contributed by atoms with Gasteiger partial charge in [0.2, 0.25) is 0 Å². The molecule has 0 amide bonds. The van der Waals surface area contributed by atoms with Gasteiger partial charge in [0, 0.05) is 6.04 Å². The molecule has 0 aromatic heterocycles. The summed E-state index contributed by atoms with van der Waals surface area (Å²) in [5, 5.41) is 0. The van der Waals surface area contributed by atoms with Crippen LogP contribution in [0.15, 0.2) is 0 Å². The average molecular weight is 213 g/mol. The monoisotopic (exact) mass is 213 g/mol. The van der Waals surface area contributed by atoms with Gasteiger partial charge in [0.1, 0.15) is 0 Å². The van der Waals surface area contributed by atoms with Crippen molar-refractivity contribution in [3.63, 3.8) is 0 Å². The second-order valence-corrected chi connectivity index (χ2v) is 6.18. The van der Waals surface area contributed by atoms with Crippen molar-refractivity contribution in [1.82, 2.24) is 0 Å². The van der Waals surface area contributed by atoms with Crippen molar-refractivity contribution in [2.24, 2.45) is 11.1 Å². The molecule has 90 valence electrons. The fraction of sp³-hybridized carbons (Fsp3) is 1.00. The topological polar surface area (TPSA) is 35.2 Å². The molecular weight excluding hydrogens is 186 g/mol. The fourth-order valence-electron chi connectivity index (χ4n) is 2.23. The lowest BCUT2D eigenvalue weighted by Gasteiger charge is -2.44. The van der Waals surface area contributed by atoms with E-state index in [-0.39, 0.29) is 23.2 Å². The molecule has 1 aliphatic rings. The molecule has 2 unspecified atom stereocenters. The van der Waals surface area contributed by atoms with Crippen LogP contribution in [-0.2, 0) is 4.74 Å². The molecule has 2 N–H and O–H groups in total. The molecule has 0 aliphatic heterocycles. The Morgan fingerprint density at radius 2 is 2.00 bits per heavy atom. The standard InChI is InChI=1S/C13H27NO/c1-6-13(4,5)15-10-8-7-9-12(2,3)11(10)14/h10-11H,6-9,14H2,1-5H3. The SMILES string of the molecule is CCC(C)(C)OC1CCCC(C)(C)C1N. The van der Waals surface area contributed by atoms with E-state index in [1.807, 2.05) is 0 Å². The molecule has 1 saturated carbocycles. The predicted molar refractivity (Wildman–Crippen MR) is 64.9 cm³/mol. The van der Waals surface area contributed by atoms with E-state index in [0.29, 0.717) is 0 Å². The first-order valence-electron chi connectivity index (χ1n) is 6.22. The molecule has 0 aromatic carbocycles. The molecule has 0 saturated heterocycles. The summed E-state index contributed by atoms with van der Waals surface area (Å²) >= 11 is 0. The van der Waals surface area contributed by atoms with Crippen molar-refractivity contribution in [1.29, 1.82) is 0 Å². The van der Waals surface area contributed by atoms with Crippen molar-refractivity contribution in [2.45, 2.75) is 78.0 Å². The minimum atomic E-state index is -0.0320. The molecule has 1 aliphatic carbocycles. The number of hydrogen-bond donors (Lipinski definition) is 1. The Morgan fingerprint density at radius 3 is 2.53 bits per heavy atom. The van der Waals surface area contributed by atoms with Crippen LogP contribution in [0.1, 0.15) is 60.3 Å². The summed E-state index contributed by atoms with van der Waals surface area (Å²) in [7, 11) is 0. The van der Waals surface area contributed by atoms with Gasteiger partial charge in [-0.25, -0.2) is 0 Å². The van der Waals surface area contributed by atoms with Crippen LogP contribution in [0.4, 0.5) is 0 Å². The third-order valence-electron chi connectivity index (χ3n) is 3.93. The Balaban J connectivity index is 2.62. The predicted octanol–water partition coefficient (Wildman–Crippen LogP) is 3.10. The zero-order valence-electron chi connectivity index (χ0n) is 11.0. The van der Waals surface area contributed by atoms with Crippen molar-refractivity contribution >= 4 is 0 Å². The van der Waals surface area contributed by atoms with Crippen molar-refractivity contribution < 1.29 is 4.74 Å². The largest absolute Gasteiger partial charge is 0.371 e. The summed E-state index contributed by atoms with van der Waals surface area (Å²) in [5.74, 6) is 0. The highest BCUT2D eigenvalue weighted by Gasteiger charge is 2.38. The Bertz CT molecular complexity index is 211.